The van der Waals surface area contributed by atoms with Crippen LogP contribution >= 0.6 is 22.9 Å². The minimum Gasteiger partial charge on any atom is -0.328 e. The number of benzene rings is 1. The number of nitrogens with one attached hydrogen (secondary N) is 1. The van der Waals surface area contributed by atoms with Gasteiger partial charge in [0.1, 0.15) is 11.6 Å². The second kappa shape index (κ2) is 11.2. The number of nitro groups is 1. The Morgan fingerprint density at radius 1 is 1.23 bits per heavy atom. The van der Waals surface area contributed by atoms with Crippen molar-refractivity contribution in [1.29, 1.82) is 0 Å². The van der Waals surface area contributed by atoms with Crippen molar-refractivity contribution < 1.29 is 14.5 Å². The van der Waals surface area contributed by atoms with Gasteiger partial charge in [-0.15, -0.1) is 11.3 Å². The van der Waals surface area contributed by atoms with Crippen LogP contribution in [0.5, 0.6) is 0 Å². The van der Waals surface area contributed by atoms with Crippen molar-refractivity contribution in [1.82, 2.24) is 14.8 Å². The van der Waals surface area contributed by atoms with Gasteiger partial charge in [-0.1, -0.05) is 25.4 Å². The Morgan fingerprint density at radius 3 is 2.45 bits per heavy atom. The number of nitro benzene ring substituents is 1. The largest absolute Gasteiger partial charge is 0.328 e. The average molecular weight is 468 g/mol. The van der Waals surface area contributed by atoms with Crippen LogP contribution in [0.2, 0.25) is 5.02 Å². The first kappa shape index (κ1) is 24.7. The van der Waals surface area contributed by atoms with E-state index >= 15 is 0 Å². The van der Waals surface area contributed by atoms with Crippen molar-refractivity contribution in [2.45, 2.75) is 27.7 Å². The zero-order valence-electron chi connectivity index (χ0n) is 18.0. The molecule has 11 heteroatoms. The average Bonchev–Trinajstić information content (AvgIpc) is 3.04. The quantitative estimate of drug-likeness (QED) is 0.421. The van der Waals surface area contributed by atoms with Crippen LogP contribution in [-0.2, 0) is 4.79 Å². The highest BCUT2D eigenvalue weighted by Gasteiger charge is 2.23. The lowest BCUT2D eigenvalue weighted by Crippen LogP contribution is -2.42. The third kappa shape index (κ3) is 6.71. The molecular formula is C20H26ClN5O4S. The van der Waals surface area contributed by atoms with Crippen molar-refractivity contribution in [3.8, 4) is 0 Å². The smallest absolute Gasteiger partial charge is 0.288 e. The Bertz CT molecular complexity index is 942. The van der Waals surface area contributed by atoms with Crippen LogP contribution in [-0.4, -0.2) is 64.2 Å². The van der Waals surface area contributed by atoms with Crippen LogP contribution in [0.3, 0.4) is 0 Å². The number of thiazole rings is 1. The Morgan fingerprint density at radius 2 is 1.90 bits per heavy atom. The van der Waals surface area contributed by atoms with Crippen molar-refractivity contribution in [2.24, 2.45) is 0 Å². The van der Waals surface area contributed by atoms with Gasteiger partial charge in [-0.2, -0.15) is 0 Å². The third-order valence-electron chi connectivity index (χ3n) is 4.87. The predicted octanol–water partition coefficient (Wildman–Crippen LogP) is 3.74. The molecule has 0 aliphatic heterocycles. The van der Waals surface area contributed by atoms with Crippen LogP contribution < -0.4 is 5.32 Å². The lowest BCUT2D eigenvalue weighted by molar-refractivity contribution is -0.384. The molecule has 0 bridgehead atoms. The molecule has 1 N–H and O–H groups in total. The number of carbonyl (C=O) groups is 2. The molecule has 0 atom stereocenters. The molecule has 2 rings (SSSR count). The molecule has 2 amide bonds. The first-order valence-electron chi connectivity index (χ1n) is 9.85. The highest BCUT2D eigenvalue weighted by molar-refractivity contribution is 7.15. The number of hydrogen-bond acceptors (Lipinski definition) is 7. The van der Waals surface area contributed by atoms with Crippen LogP contribution in [0.25, 0.3) is 0 Å². The molecule has 0 radical (unpaired) electrons. The lowest BCUT2D eigenvalue weighted by Gasteiger charge is -2.26. The van der Waals surface area contributed by atoms with E-state index in [0.29, 0.717) is 18.2 Å². The SMILES string of the molecule is CCN(CC)CCN(CC(=O)Nc1nc(C)c(C)s1)C(=O)c1ccc(Cl)c([N+](=O)[O-])c1. The van der Waals surface area contributed by atoms with Crippen molar-refractivity contribution in [3.05, 3.63) is 49.5 Å². The molecule has 0 saturated heterocycles. The molecule has 9 nitrogen and oxygen atoms in total. The summed E-state index contributed by atoms with van der Waals surface area (Å²) in [7, 11) is 0. The monoisotopic (exact) mass is 467 g/mol. The fraction of sp³-hybridized carbons (Fsp3) is 0.450. The summed E-state index contributed by atoms with van der Waals surface area (Å²) in [5, 5.41) is 14.3. The number of aryl methyl sites for hydroxylation is 2. The van der Waals surface area contributed by atoms with E-state index in [2.05, 4.69) is 15.2 Å². The Kier molecular flexibility index (Phi) is 8.90. The number of carbonyl (C=O) groups excluding carboxylic acids is 2. The fourth-order valence-electron chi connectivity index (χ4n) is 2.88. The number of halogens is 1. The highest BCUT2D eigenvalue weighted by atomic mass is 35.5. The highest BCUT2D eigenvalue weighted by Crippen LogP contribution is 2.26. The molecule has 0 saturated carbocycles. The molecule has 1 aromatic heterocycles. The number of hydrogen-bond donors (Lipinski definition) is 1. The van der Waals surface area contributed by atoms with E-state index in [1.807, 2.05) is 27.7 Å². The summed E-state index contributed by atoms with van der Waals surface area (Å²) in [4.78, 5) is 45.1. The van der Waals surface area contributed by atoms with Crippen molar-refractivity contribution in [3.63, 3.8) is 0 Å². The molecule has 0 aliphatic rings. The first-order chi connectivity index (χ1) is 14.7. The number of aromatic nitrogens is 1. The van der Waals surface area contributed by atoms with Gasteiger partial charge in [0.15, 0.2) is 5.13 Å². The van der Waals surface area contributed by atoms with E-state index in [0.717, 1.165) is 29.7 Å². The predicted molar refractivity (Wildman–Crippen MR) is 122 cm³/mol. The van der Waals surface area contributed by atoms with Gasteiger partial charge in [0.2, 0.25) is 5.91 Å². The number of anilines is 1. The van der Waals surface area contributed by atoms with E-state index in [1.54, 1.807) is 0 Å². The second-order valence-electron chi connectivity index (χ2n) is 6.89. The van der Waals surface area contributed by atoms with Gasteiger partial charge in [-0.3, -0.25) is 19.7 Å². The van der Waals surface area contributed by atoms with Gasteiger partial charge in [0.05, 0.1) is 10.6 Å². The number of nitrogens with zero attached hydrogens (tertiary/aromatic N) is 4. The molecule has 2 aromatic rings. The van der Waals surface area contributed by atoms with Gasteiger partial charge in [-0.05, 0) is 39.1 Å². The Hall–Kier alpha value is -2.56. The van der Waals surface area contributed by atoms with Crippen molar-refractivity contribution >= 4 is 45.6 Å². The Labute approximate surface area is 190 Å². The zero-order chi connectivity index (χ0) is 23.1. The molecule has 31 heavy (non-hydrogen) atoms. The molecule has 0 aliphatic carbocycles. The fourth-order valence-corrected chi connectivity index (χ4v) is 3.90. The van der Waals surface area contributed by atoms with Gasteiger partial charge in [0, 0.05) is 29.6 Å². The van der Waals surface area contributed by atoms with E-state index in [-0.39, 0.29) is 28.7 Å². The Balaban J connectivity index is 2.22. The summed E-state index contributed by atoms with van der Waals surface area (Å²) in [6.45, 7) is 10.1. The number of rotatable bonds is 10. The van der Waals surface area contributed by atoms with E-state index < -0.39 is 10.8 Å². The molecular weight excluding hydrogens is 442 g/mol. The maximum Gasteiger partial charge on any atom is 0.288 e. The van der Waals surface area contributed by atoms with Crippen LogP contribution in [0.1, 0.15) is 34.8 Å². The molecule has 168 valence electrons. The maximum absolute atomic E-state index is 13.1. The molecule has 1 aromatic carbocycles. The summed E-state index contributed by atoms with van der Waals surface area (Å²) >= 11 is 7.22. The third-order valence-corrected chi connectivity index (χ3v) is 6.17. The lowest BCUT2D eigenvalue weighted by atomic mass is 10.1. The number of amides is 2. The van der Waals surface area contributed by atoms with Gasteiger partial charge in [-0.25, -0.2) is 4.98 Å². The molecule has 1 heterocycles. The summed E-state index contributed by atoms with van der Waals surface area (Å²) < 4.78 is 0. The van der Waals surface area contributed by atoms with Crippen molar-refractivity contribution in [2.75, 3.05) is 38.0 Å². The van der Waals surface area contributed by atoms with E-state index in [1.165, 1.54) is 28.4 Å². The number of likely N-dealkylation sites (N-methyl/N-ethyl adjacent to an activating group) is 1. The summed E-state index contributed by atoms with van der Waals surface area (Å²) in [6.07, 6.45) is 0. The van der Waals surface area contributed by atoms with Crippen LogP contribution in [0.15, 0.2) is 18.2 Å². The van der Waals surface area contributed by atoms with Gasteiger partial charge >= 0.3 is 0 Å². The minimum atomic E-state index is -0.640. The summed E-state index contributed by atoms with van der Waals surface area (Å²) in [5.41, 5.74) is 0.585. The molecule has 0 fully saturated rings. The normalized spacial score (nSPS) is 10.9. The minimum absolute atomic E-state index is 0.0523. The summed E-state index contributed by atoms with van der Waals surface area (Å²) in [5.74, 6) is -0.862. The molecule has 0 unspecified atom stereocenters. The second-order valence-corrected chi connectivity index (χ2v) is 8.50. The van der Waals surface area contributed by atoms with E-state index in [9.17, 15) is 19.7 Å². The van der Waals surface area contributed by atoms with Gasteiger partial charge < -0.3 is 15.1 Å². The standard InChI is InChI=1S/C20H26ClN5O4S/c1-5-24(6-2)9-10-25(12-18(27)23-20-22-13(3)14(4)31-20)19(28)15-7-8-16(21)17(11-15)26(29)30/h7-8,11H,5-6,9-10,12H2,1-4H3,(H,22,23,27). The maximum atomic E-state index is 13.1. The van der Waals surface area contributed by atoms with Gasteiger partial charge in [0.25, 0.3) is 11.6 Å². The van der Waals surface area contributed by atoms with E-state index in [4.69, 9.17) is 11.6 Å². The zero-order valence-corrected chi connectivity index (χ0v) is 19.5. The van der Waals surface area contributed by atoms with Crippen LogP contribution in [0.4, 0.5) is 10.8 Å². The first-order valence-corrected chi connectivity index (χ1v) is 11.0. The van der Waals surface area contributed by atoms with Crippen LogP contribution in [0, 0.1) is 24.0 Å². The summed E-state index contributed by atoms with van der Waals surface area (Å²) in [6, 6.07) is 3.88. The topological polar surface area (TPSA) is 109 Å². The molecule has 0 spiro atoms.